The third kappa shape index (κ3) is 2.45. The van der Waals surface area contributed by atoms with Crippen LogP contribution in [0.3, 0.4) is 0 Å². The number of methoxy groups -OCH3 is 4. The van der Waals surface area contributed by atoms with Crippen LogP contribution in [-0.2, 0) is 7.05 Å². The van der Waals surface area contributed by atoms with E-state index in [-0.39, 0.29) is 5.56 Å². The number of rotatable bonds is 4. The van der Waals surface area contributed by atoms with Crippen LogP contribution in [0.4, 0.5) is 0 Å². The summed E-state index contributed by atoms with van der Waals surface area (Å²) >= 11 is 0. The summed E-state index contributed by atoms with van der Waals surface area (Å²) in [6, 6.07) is 9.54. The number of aromatic nitrogens is 1. The molecule has 0 atom stereocenters. The third-order valence-corrected chi connectivity index (χ3v) is 5.17. The summed E-state index contributed by atoms with van der Waals surface area (Å²) in [5.41, 5.74) is -0.0774. The molecular weight excluding hydrogens is 358 g/mol. The van der Waals surface area contributed by atoms with Gasteiger partial charge in [0.15, 0.2) is 23.0 Å². The van der Waals surface area contributed by atoms with E-state index in [1.807, 2.05) is 30.3 Å². The summed E-state index contributed by atoms with van der Waals surface area (Å²) in [6.45, 7) is 0. The molecule has 28 heavy (non-hydrogen) atoms. The van der Waals surface area contributed by atoms with E-state index in [9.17, 15) is 4.79 Å². The summed E-state index contributed by atoms with van der Waals surface area (Å²) in [6.07, 6.45) is 1.77. The predicted molar refractivity (Wildman–Crippen MR) is 110 cm³/mol. The summed E-state index contributed by atoms with van der Waals surface area (Å²) in [4.78, 5) is 13.1. The largest absolute Gasteiger partial charge is 0.493 e. The average molecular weight is 379 g/mol. The quantitative estimate of drug-likeness (QED) is 0.504. The van der Waals surface area contributed by atoms with Crippen molar-refractivity contribution in [3.05, 3.63) is 46.9 Å². The Kier molecular flexibility index (Phi) is 4.26. The minimum atomic E-state index is -0.0774. The van der Waals surface area contributed by atoms with E-state index >= 15 is 0 Å². The molecule has 0 amide bonds. The van der Waals surface area contributed by atoms with Crippen LogP contribution in [-0.4, -0.2) is 33.0 Å². The van der Waals surface area contributed by atoms with Crippen LogP contribution in [0.2, 0.25) is 0 Å². The van der Waals surface area contributed by atoms with Crippen molar-refractivity contribution in [1.29, 1.82) is 0 Å². The van der Waals surface area contributed by atoms with Crippen LogP contribution in [0, 0.1) is 0 Å². The maximum atomic E-state index is 13.1. The number of fused-ring (bicyclic) bond motifs is 6. The second-order valence-electron chi connectivity index (χ2n) is 6.53. The Morgan fingerprint density at radius 1 is 0.643 bits per heavy atom. The molecule has 0 aliphatic carbocycles. The summed E-state index contributed by atoms with van der Waals surface area (Å²) in [5.74, 6) is 2.39. The topological polar surface area (TPSA) is 58.9 Å². The van der Waals surface area contributed by atoms with Crippen molar-refractivity contribution in [2.24, 2.45) is 7.05 Å². The molecule has 144 valence electrons. The van der Waals surface area contributed by atoms with E-state index in [1.165, 1.54) is 0 Å². The monoisotopic (exact) mass is 379 g/mol. The first kappa shape index (κ1) is 18.0. The number of aryl methyl sites for hydroxylation is 1. The number of hydrogen-bond acceptors (Lipinski definition) is 5. The van der Waals surface area contributed by atoms with E-state index in [1.54, 1.807) is 46.3 Å². The number of pyridine rings is 1. The van der Waals surface area contributed by atoms with Gasteiger partial charge in [-0.15, -0.1) is 0 Å². The fourth-order valence-electron chi connectivity index (χ4n) is 3.75. The summed E-state index contributed by atoms with van der Waals surface area (Å²) in [5, 5.41) is 5.00. The van der Waals surface area contributed by atoms with Gasteiger partial charge in [0.1, 0.15) is 0 Å². The number of ether oxygens (including phenoxy) is 4. The zero-order chi connectivity index (χ0) is 20.0. The summed E-state index contributed by atoms with van der Waals surface area (Å²) < 4.78 is 23.5. The van der Waals surface area contributed by atoms with Crippen molar-refractivity contribution in [1.82, 2.24) is 4.57 Å². The maximum Gasteiger partial charge on any atom is 0.258 e. The van der Waals surface area contributed by atoms with Crippen molar-refractivity contribution in [2.45, 2.75) is 0 Å². The lowest BCUT2D eigenvalue weighted by atomic mass is 9.94. The van der Waals surface area contributed by atoms with Crippen molar-refractivity contribution >= 4 is 32.3 Å². The molecule has 6 heteroatoms. The van der Waals surface area contributed by atoms with E-state index < -0.39 is 0 Å². The molecule has 0 saturated heterocycles. The Bertz CT molecular complexity index is 1290. The van der Waals surface area contributed by atoms with E-state index in [0.717, 1.165) is 26.9 Å². The predicted octanol–water partition coefficient (Wildman–Crippen LogP) is 3.88. The Balaban J connectivity index is 2.35. The zero-order valence-electron chi connectivity index (χ0n) is 16.5. The van der Waals surface area contributed by atoms with E-state index in [0.29, 0.717) is 28.4 Å². The zero-order valence-corrected chi connectivity index (χ0v) is 16.5. The van der Waals surface area contributed by atoms with Crippen molar-refractivity contribution in [3.8, 4) is 23.0 Å². The molecule has 0 bridgehead atoms. The van der Waals surface area contributed by atoms with Gasteiger partial charge in [0.2, 0.25) is 0 Å². The molecule has 4 rings (SSSR count). The minimum Gasteiger partial charge on any atom is -0.493 e. The molecule has 6 nitrogen and oxygen atoms in total. The van der Waals surface area contributed by atoms with Crippen molar-refractivity contribution in [3.63, 3.8) is 0 Å². The third-order valence-electron chi connectivity index (χ3n) is 5.17. The first-order valence-electron chi connectivity index (χ1n) is 8.76. The molecule has 0 unspecified atom stereocenters. The van der Waals surface area contributed by atoms with Crippen LogP contribution >= 0.6 is 0 Å². The molecule has 4 aromatic rings. The molecule has 0 N–H and O–H groups in total. The van der Waals surface area contributed by atoms with E-state index in [2.05, 4.69) is 0 Å². The fraction of sp³-hybridized carbons (Fsp3) is 0.227. The Labute approximate surface area is 161 Å². The molecule has 3 aromatic carbocycles. The summed E-state index contributed by atoms with van der Waals surface area (Å²) in [7, 11) is 8.12. The molecule has 1 aromatic heterocycles. The molecular formula is C22H21NO5. The normalized spacial score (nSPS) is 11.2. The van der Waals surface area contributed by atoms with Gasteiger partial charge in [0.05, 0.1) is 33.8 Å². The minimum absolute atomic E-state index is 0.0774. The first-order valence-corrected chi connectivity index (χ1v) is 8.76. The van der Waals surface area contributed by atoms with Gasteiger partial charge in [-0.3, -0.25) is 4.79 Å². The van der Waals surface area contributed by atoms with Gasteiger partial charge in [0, 0.05) is 13.2 Å². The number of benzene rings is 3. The van der Waals surface area contributed by atoms with E-state index in [4.69, 9.17) is 18.9 Å². The maximum absolute atomic E-state index is 13.1. The highest BCUT2D eigenvalue weighted by molar-refractivity contribution is 6.26. The second-order valence-corrected chi connectivity index (χ2v) is 6.53. The van der Waals surface area contributed by atoms with Crippen molar-refractivity contribution < 1.29 is 18.9 Å². The lowest BCUT2D eigenvalue weighted by Crippen LogP contribution is -2.16. The SMILES string of the molecule is COc1cc2c(cc1OC)c1ccn(C)c(=O)c1c1cc(OC)c(OC)cc21. The highest BCUT2D eigenvalue weighted by atomic mass is 16.5. The Morgan fingerprint density at radius 3 is 1.50 bits per heavy atom. The van der Waals surface area contributed by atoms with Gasteiger partial charge in [-0.2, -0.15) is 0 Å². The van der Waals surface area contributed by atoms with Gasteiger partial charge in [0.25, 0.3) is 5.56 Å². The second kappa shape index (κ2) is 6.64. The van der Waals surface area contributed by atoms with Crippen LogP contribution in [0.15, 0.2) is 41.3 Å². The molecule has 0 saturated carbocycles. The highest BCUT2D eigenvalue weighted by Crippen LogP contribution is 2.43. The van der Waals surface area contributed by atoms with Crippen molar-refractivity contribution in [2.75, 3.05) is 28.4 Å². The van der Waals surface area contributed by atoms with Gasteiger partial charge < -0.3 is 23.5 Å². The lowest BCUT2D eigenvalue weighted by molar-refractivity contribution is 0.355. The fourth-order valence-corrected chi connectivity index (χ4v) is 3.75. The molecule has 0 fully saturated rings. The van der Waals surface area contributed by atoms with Gasteiger partial charge in [-0.05, 0) is 57.3 Å². The Hall–Kier alpha value is -3.41. The molecule has 0 spiro atoms. The van der Waals surface area contributed by atoms with Crippen LogP contribution in [0.1, 0.15) is 0 Å². The standard InChI is InChI=1S/C22H21NO5/c1-23-7-6-12-13-8-17(25-2)18(26-3)9-14(13)15-10-19(27-4)20(28-5)11-16(15)21(12)22(23)24/h6-11H,1-5H3. The number of nitrogens with zero attached hydrogens (tertiary/aromatic N) is 1. The van der Waals surface area contributed by atoms with Gasteiger partial charge in [-0.25, -0.2) is 0 Å². The van der Waals surface area contributed by atoms with Gasteiger partial charge >= 0.3 is 0 Å². The molecule has 1 heterocycles. The highest BCUT2D eigenvalue weighted by Gasteiger charge is 2.18. The van der Waals surface area contributed by atoms with Crippen LogP contribution in [0.25, 0.3) is 32.3 Å². The van der Waals surface area contributed by atoms with Gasteiger partial charge in [-0.1, -0.05) is 0 Å². The molecule has 0 radical (unpaired) electrons. The van der Waals surface area contributed by atoms with Crippen LogP contribution < -0.4 is 24.5 Å². The lowest BCUT2D eigenvalue weighted by Gasteiger charge is -2.16. The smallest absolute Gasteiger partial charge is 0.258 e. The Morgan fingerprint density at radius 2 is 1.04 bits per heavy atom. The average Bonchev–Trinajstić information content (AvgIpc) is 2.73. The molecule has 0 aliphatic rings. The molecule has 0 aliphatic heterocycles. The number of hydrogen-bond donors (Lipinski definition) is 0. The van der Waals surface area contributed by atoms with Crippen LogP contribution in [0.5, 0.6) is 23.0 Å². The first-order chi connectivity index (χ1) is 13.5.